The molecule has 1 aromatic carbocycles. The molecule has 0 saturated carbocycles. The van der Waals surface area contributed by atoms with Gasteiger partial charge in [0.25, 0.3) is 0 Å². The lowest BCUT2D eigenvalue weighted by molar-refractivity contribution is 0.439. The van der Waals surface area contributed by atoms with E-state index in [4.69, 9.17) is 22.7 Å². The van der Waals surface area contributed by atoms with Gasteiger partial charge in [0.2, 0.25) is 0 Å². The second kappa shape index (κ2) is 5.85. The maximum atomic E-state index is 5.71. The van der Waals surface area contributed by atoms with Gasteiger partial charge in [0.05, 0.1) is 0 Å². The van der Waals surface area contributed by atoms with E-state index in [2.05, 4.69) is 25.9 Å². The molecule has 0 fully saturated rings. The Morgan fingerprint density at radius 2 is 1.75 bits per heavy atom. The molecular formula is C14H14BrN3OS. The second-order valence-electron chi connectivity index (χ2n) is 4.51. The van der Waals surface area contributed by atoms with E-state index in [1.165, 1.54) is 0 Å². The smallest absolute Gasteiger partial charge is 0.322 e. The summed E-state index contributed by atoms with van der Waals surface area (Å²) in [7, 11) is 0. The molecule has 20 heavy (non-hydrogen) atoms. The Bertz CT molecular complexity index is 665. The van der Waals surface area contributed by atoms with Crippen molar-refractivity contribution in [3.05, 3.63) is 45.2 Å². The molecule has 1 aromatic heterocycles. The normalized spacial score (nSPS) is 10.4. The number of nitrogens with two attached hydrogens (primary N) is 1. The van der Waals surface area contributed by atoms with Gasteiger partial charge >= 0.3 is 6.01 Å². The Kier molecular flexibility index (Phi) is 4.35. The van der Waals surface area contributed by atoms with Crippen LogP contribution in [0, 0.1) is 20.8 Å². The van der Waals surface area contributed by atoms with E-state index in [1.54, 1.807) is 6.07 Å². The number of rotatable bonds is 3. The Morgan fingerprint density at radius 1 is 1.15 bits per heavy atom. The van der Waals surface area contributed by atoms with Gasteiger partial charge < -0.3 is 10.5 Å². The number of hydrogen-bond acceptors (Lipinski definition) is 4. The van der Waals surface area contributed by atoms with Crippen LogP contribution < -0.4 is 10.5 Å². The van der Waals surface area contributed by atoms with Crippen LogP contribution in [0.4, 0.5) is 0 Å². The summed E-state index contributed by atoms with van der Waals surface area (Å²) in [6.07, 6.45) is 0. The zero-order valence-electron chi connectivity index (χ0n) is 11.4. The Labute approximate surface area is 131 Å². The standard InChI is InChI=1S/C14H14BrN3OS/c1-7-4-10(5-8(2)12(7)15)19-14-17-9(3)6-11(18-14)13(16)20/h4-6H,1-3H3,(H2,16,20). The van der Waals surface area contributed by atoms with Crippen molar-refractivity contribution in [1.82, 2.24) is 9.97 Å². The summed E-state index contributed by atoms with van der Waals surface area (Å²) in [5.41, 5.74) is 9.02. The maximum Gasteiger partial charge on any atom is 0.322 e. The van der Waals surface area contributed by atoms with Crippen LogP contribution in [-0.2, 0) is 0 Å². The fourth-order valence-corrected chi connectivity index (χ4v) is 2.12. The van der Waals surface area contributed by atoms with E-state index in [-0.39, 0.29) is 11.0 Å². The molecule has 0 bridgehead atoms. The van der Waals surface area contributed by atoms with Crippen molar-refractivity contribution in [3.63, 3.8) is 0 Å². The molecule has 0 aliphatic rings. The first kappa shape index (κ1) is 14.9. The molecule has 2 N–H and O–H groups in total. The molecule has 0 aliphatic carbocycles. The first-order valence-corrected chi connectivity index (χ1v) is 7.17. The van der Waals surface area contributed by atoms with Gasteiger partial charge in [-0.15, -0.1) is 0 Å². The van der Waals surface area contributed by atoms with E-state index in [1.807, 2.05) is 32.9 Å². The summed E-state index contributed by atoms with van der Waals surface area (Å²) in [4.78, 5) is 8.66. The van der Waals surface area contributed by atoms with Crippen LogP contribution in [0.3, 0.4) is 0 Å². The predicted molar refractivity (Wildman–Crippen MR) is 86.3 cm³/mol. The van der Waals surface area contributed by atoms with E-state index in [0.29, 0.717) is 11.4 Å². The van der Waals surface area contributed by atoms with Crippen LogP contribution in [0.25, 0.3) is 0 Å². The van der Waals surface area contributed by atoms with E-state index >= 15 is 0 Å². The van der Waals surface area contributed by atoms with Crippen LogP contribution in [-0.4, -0.2) is 15.0 Å². The molecule has 0 spiro atoms. The molecule has 4 nitrogen and oxygen atoms in total. The number of ether oxygens (including phenoxy) is 1. The number of hydrogen-bond donors (Lipinski definition) is 1. The summed E-state index contributed by atoms with van der Waals surface area (Å²) in [5.74, 6) is 0.683. The van der Waals surface area contributed by atoms with E-state index < -0.39 is 0 Å². The summed E-state index contributed by atoms with van der Waals surface area (Å²) < 4.78 is 6.78. The van der Waals surface area contributed by atoms with Crippen LogP contribution in [0.2, 0.25) is 0 Å². The first-order chi connectivity index (χ1) is 9.36. The zero-order chi connectivity index (χ0) is 14.9. The highest BCUT2D eigenvalue weighted by Crippen LogP contribution is 2.28. The Balaban J connectivity index is 2.37. The molecule has 2 aromatic rings. The van der Waals surface area contributed by atoms with Crippen molar-refractivity contribution in [1.29, 1.82) is 0 Å². The number of halogens is 1. The fourth-order valence-electron chi connectivity index (χ4n) is 1.78. The largest absolute Gasteiger partial charge is 0.424 e. The second-order valence-corrected chi connectivity index (χ2v) is 5.75. The van der Waals surface area contributed by atoms with E-state index in [9.17, 15) is 0 Å². The molecule has 104 valence electrons. The third-order valence-electron chi connectivity index (χ3n) is 2.71. The lowest BCUT2D eigenvalue weighted by Gasteiger charge is -2.09. The first-order valence-electron chi connectivity index (χ1n) is 5.97. The van der Waals surface area contributed by atoms with Crippen LogP contribution in [0.15, 0.2) is 22.7 Å². The minimum atomic E-state index is 0.225. The predicted octanol–water partition coefficient (Wildman–Crippen LogP) is 3.59. The summed E-state index contributed by atoms with van der Waals surface area (Å²) in [6, 6.07) is 5.81. The number of aryl methyl sites for hydroxylation is 3. The minimum Gasteiger partial charge on any atom is -0.424 e. The van der Waals surface area contributed by atoms with Crippen LogP contribution in [0.1, 0.15) is 22.5 Å². The van der Waals surface area contributed by atoms with E-state index in [0.717, 1.165) is 21.3 Å². The van der Waals surface area contributed by atoms with Gasteiger partial charge in [0, 0.05) is 10.2 Å². The molecule has 0 radical (unpaired) electrons. The van der Waals surface area contributed by atoms with Crippen molar-refractivity contribution in [2.45, 2.75) is 20.8 Å². The highest BCUT2D eigenvalue weighted by molar-refractivity contribution is 9.10. The fraction of sp³-hybridized carbons (Fsp3) is 0.214. The quantitative estimate of drug-likeness (QED) is 0.856. The summed E-state index contributed by atoms with van der Waals surface area (Å²) in [5, 5.41) is 0. The minimum absolute atomic E-state index is 0.225. The highest BCUT2D eigenvalue weighted by Gasteiger charge is 2.09. The monoisotopic (exact) mass is 351 g/mol. The topological polar surface area (TPSA) is 61.0 Å². The van der Waals surface area contributed by atoms with Crippen LogP contribution in [0.5, 0.6) is 11.8 Å². The molecule has 0 aliphatic heterocycles. The zero-order valence-corrected chi connectivity index (χ0v) is 13.8. The molecule has 0 atom stereocenters. The lowest BCUT2D eigenvalue weighted by atomic mass is 10.1. The van der Waals surface area contributed by atoms with Gasteiger partial charge in [0.1, 0.15) is 16.4 Å². The maximum absolute atomic E-state index is 5.71. The van der Waals surface area contributed by atoms with Gasteiger partial charge in [0.15, 0.2) is 0 Å². The number of benzene rings is 1. The van der Waals surface area contributed by atoms with Gasteiger partial charge in [-0.2, -0.15) is 4.98 Å². The van der Waals surface area contributed by atoms with Crippen molar-refractivity contribution in [2.24, 2.45) is 5.73 Å². The Hall–Kier alpha value is -1.53. The number of thiocarbonyl (C=S) groups is 1. The van der Waals surface area contributed by atoms with Crippen LogP contribution >= 0.6 is 28.1 Å². The van der Waals surface area contributed by atoms with Gasteiger partial charge in [-0.3, -0.25) is 0 Å². The number of aromatic nitrogens is 2. The molecule has 0 unspecified atom stereocenters. The summed E-state index contributed by atoms with van der Waals surface area (Å²) in [6.45, 7) is 5.84. The van der Waals surface area contributed by atoms with Gasteiger partial charge in [-0.25, -0.2) is 4.98 Å². The SMILES string of the molecule is Cc1cc(C(N)=S)nc(Oc2cc(C)c(Br)c(C)c2)n1. The third kappa shape index (κ3) is 3.32. The third-order valence-corrected chi connectivity index (χ3v) is 4.17. The van der Waals surface area contributed by atoms with Crippen molar-refractivity contribution in [3.8, 4) is 11.8 Å². The highest BCUT2D eigenvalue weighted by atomic mass is 79.9. The van der Waals surface area contributed by atoms with Crippen molar-refractivity contribution in [2.75, 3.05) is 0 Å². The summed E-state index contributed by atoms with van der Waals surface area (Å²) >= 11 is 8.45. The molecule has 6 heteroatoms. The molecule has 0 amide bonds. The van der Waals surface area contributed by atoms with Crippen molar-refractivity contribution >= 4 is 33.1 Å². The molecule has 0 saturated heterocycles. The van der Waals surface area contributed by atoms with Crippen molar-refractivity contribution < 1.29 is 4.74 Å². The lowest BCUT2D eigenvalue weighted by Crippen LogP contribution is -2.13. The Morgan fingerprint density at radius 3 is 2.30 bits per heavy atom. The number of nitrogens with zero attached hydrogens (tertiary/aromatic N) is 2. The average molecular weight is 352 g/mol. The van der Waals surface area contributed by atoms with Gasteiger partial charge in [-0.05, 0) is 50.1 Å². The molecular weight excluding hydrogens is 338 g/mol. The average Bonchev–Trinajstić information content (AvgIpc) is 2.35. The molecule has 2 rings (SSSR count). The van der Waals surface area contributed by atoms with Gasteiger partial charge in [-0.1, -0.05) is 28.1 Å². The molecule has 1 heterocycles.